The van der Waals surface area contributed by atoms with Crippen LogP contribution in [-0.2, 0) is 6.42 Å². The lowest BCUT2D eigenvalue weighted by Crippen LogP contribution is -2.22. The Bertz CT molecular complexity index is 359. The van der Waals surface area contributed by atoms with E-state index in [9.17, 15) is 0 Å². The fourth-order valence-electron chi connectivity index (χ4n) is 2.48. The molecule has 1 heterocycles. The number of nitrogens with one attached hydrogen (secondary N) is 1. The van der Waals surface area contributed by atoms with E-state index >= 15 is 0 Å². The molecule has 1 fully saturated rings. The fraction of sp³-hybridized carbons (Fsp3) is 0.571. The summed E-state index contributed by atoms with van der Waals surface area (Å²) < 4.78 is 6.57. The van der Waals surface area contributed by atoms with Crippen LogP contribution in [0.15, 0.2) is 22.7 Å². The van der Waals surface area contributed by atoms with Crippen molar-refractivity contribution in [1.29, 1.82) is 0 Å². The van der Waals surface area contributed by atoms with E-state index < -0.39 is 0 Å². The fourth-order valence-corrected chi connectivity index (χ4v) is 2.89. The van der Waals surface area contributed by atoms with Gasteiger partial charge in [0.05, 0.1) is 7.11 Å². The van der Waals surface area contributed by atoms with Crippen molar-refractivity contribution in [2.75, 3.05) is 20.2 Å². The number of hydrogen-bond donors (Lipinski definition) is 1. The molecule has 0 aromatic heterocycles. The minimum Gasteiger partial charge on any atom is -0.496 e. The molecule has 1 N–H and O–H groups in total. The Morgan fingerprint density at radius 1 is 1.41 bits per heavy atom. The quantitative estimate of drug-likeness (QED) is 0.923. The third-order valence-electron chi connectivity index (χ3n) is 3.40. The SMILES string of the molecule is COc1ccc(Br)cc1CC1CCCCNC1. The van der Waals surface area contributed by atoms with E-state index in [1.165, 1.54) is 31.4 Å². The van der Waals surface area contributed by atoms with Crippen molar-refractivity contribution in [3.8, 4) is 5.75 Å². The molecule has 1 unspecified atom stereocenters. The van der Waals surface area contributed by atoms with Gasteiger partial charge in [-0.05, 0) is 62.0 Å². The summed E-state index contributed by atoms with van der Waals surface area (Å²) in [6.45, 7) is 2.31. The highest BCUT2D eigenvalue weighted by atomic mass is 79.9. The average molecular weight is 298 g/mol. The van der Waals surface area contributed by atoms with Gasteiger partial charge >= 0.3 is 0 Å². The van der Waals surface area contributed by atoms with Crippen molar-refractivity contribution in [2.45, 2.75) is 25.7 Å². The maximum absolute atomic E-state index is 5.43. The number of benzene rings is 1. The zero-order valence-electron chi connectivity index (χ0n) is 10.3. The summed E-state index contributed by atoms with van der Waals surface area (Å²) in [5.74, 6) is 1.75. The Balaban J connectivity index is 2.07. The highest BCUT2D eigenvalue weighted by molar-refractivity contribution is 9.10. The molecule has 0 radical (unpaired) electrons. The van der Waals surface area contributed by atoms with Crippen LogP contribution >= 0.6 is 15.9 Å². The van der Waals surface area contributed by atoms with Crippen molar-refractivity contribution in [3.63, 3.8) is 0 Å². The van der Waals surface area contributed by atoms with Crippen molar-refractivity contribution >= 4 is 15.9 Å². The van der Waals surface area contributed by atoms with Gasteiger partial charge in [0.25, 0.3) is 0 Å². The number of halogens is 1. The van der Waals surface area contributed by atoms with Crippen molar-refractivity contribution in [2.24, 2.45) is 5.92 Å². The van der Waals surface area contributed by atoms with Crippen LogP contribution in [0.2, 0.25) is 0 Å². The predicted octanol–water partition coefficient (Wildman–Crippen LogP) is 3.39. The largest absolute Gasteiger partial charge is 0.496 e. The van der Waals surface area contributed by atoms with Gasteiger partial charge in [-0.3, -0.25) is 0 Å². The summed E-state index contributed by atoms with van der Waals surface area (Å²) in [5, 5.41) is 3.52. The van der Waals surface area contributed by atoms with E-state index in [1.807, 2.05) is 12.1 Å². The Morgan fingerprint density at radius 2 is 2.29 bits per heavy atom. The first-order valence-electron chi connectivity index (χ1n) is 6.32. The molecule has 1 atom stereocenters. The Labute approximate surface area is 112 Å². The Morgan fingerprint density at radius 3 is 3.12 bits per heavy atom. The van der Waals surface area contributed by atoms with E-state index in [0.717, 1.165) is 29.1 Å². The first-order valence-corrected chi connectivity index (χ1v) is 7.12. The summed E-state index contributed by atoms with van der Waals surface area (Å²) in [4.78, 5) is 0. The van der Waals surface area contributed by atoms with Gasteiger partial charge in [0.2, 0.25) is 0 Å². The smallest absolute Gasteiger partial charge is 0.122 e. The molecule has 0 bridgehead atoms. The molecule has 0 saturated carbocycles. The molecule has 1 aliphatic rings. The molecule has 1 aromatic rings. The monoisotopic (exact) mass is 297 g/mol. The van der Waals surface area contributed by atoms with Gasteiger partial charge in [0.15, 0.2) is 0 Å². The summed E-state index contributed by atoms with van der Waals surface area (Å²) in [6, 6.07) is 6.26. The van der Waals surface area contributed by atoms with Gasteiger partial charge in [-0.25, -0.2) is 0 Å². The van der Waals surface area contributed by atoms with Crippen LogP contribution in [-0.4, -0.2) is 20.2 Å². The van der Waals surface area contributed by atoms with Crippen LogP contribution in [0.3, 0.4) is 0 Å². The molecule has 94 valence electrons. The summed E-state index contributed by atoms with van der Waals surface area (Å²) in [6.07, 6.45) is 5.08. The minimum atomic E-state index is 0.737. The topological polar surface area (TPSA) is 21.3 Å². The van der Waals surface area contributed by atoms with E-state index in [2.05, 4.69) is 27.3 Å². The third kappa shape index (κ3) is 3.71. The molecule has 0 aliphatic carbocycles. The summed E-state index contributed by atoms with van der Waals surface area (Å²) in [5.41, 5.74) is 1.32. The zero-order valence-corrected chi connectivity index (χ0v) is 11.9. The maximum atomic E-state index is 5.43. The summed E-state index contributed by atoms with van der Waals surface area (Å²) >= 11 is 3.53. The standard InChI is InChI=1S/C14H20BrNO/c1-17-14-6-5-13(15)9-12(14)8-11-4-2-3-7-16-10-11/h5-6,9,11,16H,2-4,7-8,10H2,1H3. The Kier molecular flexibility index (Phi) is 4.86. The van der Waals surface area contributed by atoms with Crippen LogP contribution in [0.5, 0.6) is 5.75 Å². The van der Waals surface area contributed by atoms with Gasteiger partial charge in [-0.2, -0.15) is 0 Å². The normalized spacial score (nSPS) is 20.9. The van der Waals surface area contributed by atoms with Crippen molar-refractivity contribution in [1.82, 2.24) is 5.32 Å². The molecule has 2 nitrogen and oxygen atoms in total. The van der Waals surface area contributed by atoms with Gasteiger partial charge in [-0.1, -0.05) is 22.4 Å². The second-order valence-corrected chi connectivity index (χ2v) is 5.64. The molecule has 0 amide bonds. The van der Waals surface area contributed by atoms with E-state index in [4.69, 9.17) is 4.74 Å². The molecule has 17 heavy (non-hydrogen) atoms. The molecule has 0 spiro atoms. The van der Waals surface area contributed by atoms with Gasteiger partial charge in [0.1, 0.15) is 5.75 Å². The van der Waals surface area contributed by atoms with Crippen LogP contribution in [0.4, 0.5) is 0 Å². The lowest BCUT2D eigenvalue weighted by atomic mass is 9.94. The lowest BCUT2D eigenvalue weighted by Gasteiger charge is -2.16. The molecule has 3 heteroatoms. The van der Waals surface area contributed by atoms with Gasteiger partial charge < -0.3 is 10.1 Å². The Hall–Kier alpha value is -0.540. The highest BCUT2D eigenvalue weighted by Crippen LogP contribution is 2.27. The number of rotatable bonds is 3. The molecular formula is C14H20BrNO. The van der Waals surface area contributed by atoms with Crippen LogP contribution in [0, 0.1) is 5.92 Å². The zero-order chi connectivity index (χ0) is 12.1. The van der Waals surface area contributed by atoms with Crippen LogP contribution in [0.1, 0.15) is 24.8 Å². The van der Waals surface area contributed by atoms with Gasteiger partial charge in [0, 0.05) is 4.47 Å². The van der Waals surface area contributed by atoms with Crippen LogP contribution < -0.4 is 10.1 Å². The molecule has 2 rings (SSSR count). The summed E-state index contributed by atoms with van der Waals surface area (Å²) in [7, 11) is 1.75. The maximum Gasteiger partial charge on any atom is 0.122 e. The first kappa shape index (κ1) is 12.9. The molecule has 1 aliphatic heterocycles. The van der Waals surface area contributed by atoms with Gasteiger partial charge in [-0.15, -0.1) is 0 Å². The van der Waals surface area contributed by atoms with E-state index in [0.29, 0.717) is 0 Å². The average Bonchev–Trinajstić information content (AvgIpc) is 2.58. The first-order chi connectivity index (χ1) is 8.29. The molecule has 1 aromatic carbocycles. The molecular weight excluding hydrogens is 278 g/mol. The predicted molar refractivity (Wildman–Crippen MR) is 74.6 cm³/mol. The highest BCUT2D eigenvalue weighted by Gasteiger charge is 2.15. The second-order valence-electron chi connectivity index (χ2n) is 4.73. The van der Waals surface area contributed by atoms with E-state index in [1.54, 1.807) is 7.11 Å². The number of hydrogen-bond acceptors (Lipinski definition) is 2. The number of methoxy groups -OCH3 is 1. The van der Waals surface area contributed by atoms with Crippen LogP contribution in [0.25, 0.3) is 0 Å². The van der Waals surface area contributed by atoms with Crippen molar-refractivity contribution in [3.05, 3.63) is 28.2 Å². The number of ether oxygens (including phenoxy) is 1. The minimum absolute atomic E-state index is 0.737. The van der Waals surface area contributed by atoms with E-state index in [-0.39, 0.29) is 0 Å². The second kappa shape index (κ2) is 6.41. The third-order valence-corrected chi connectivity index (χ3v) is 3.89. The molecule has 1 saturated heterocycles. The van der Waals surface area contributed by atoms with Crippen molar-refractivity contribution < 1.29 is 4.74 Å². The lowest BCUT2D eigenvalue weighted by molar-refractivity contribution is 0.400.